The average molecular weight is 459 g/mol. The zero-order valence-corrected chi connectivity index (χ0v) is 17.7. The van der Waals surface area contributed by atoms with Gasteiger partial charge in [-0.1, -0.05) is 0 Å². The van der Waals surface area contributed by atoms with Gasteiger partial charge in [-0.3, -0.25) is 9.78 Å². The molecule has 0 radical (unpaired) electrons. The van der Waals surface area contributed by atoms with Crippen LogP contribution >= 0.6 is 0 Å². The third kappa shape index (κ3) is 4.97. The number of hydrogen-bond donors (Lipinski definition) is 1. The van der Waals surface area contributed by atoms with E-state index < -0.39 is 23.5 Å². The van der Waals surface area contributed by atoms with Crippen molar-refractivity contribution in [2.75, 3.05) is 12.4 Å². The van der Waals surface area contributed by atoms with E-state index in [-0.39, 0.29) is 54.0 Å². The molecule has 33 heavy (non-hydrogen) atoms. The van der Waals surface area contributed by atoms with Crippen molar-refractivity contribution in [3.05, 3.63) is 71.7 Å². The van der Waals surface area contributed by atoms with Crippen LogP contribution in [-0.4, -0.2) is 28.9 Å². The fourth-order valence-electron chi connectivity index (χ4n) is 3.98. The second kappa shape index (κ2) is 9.17. The topological polar surface area (TPSA) is 64.1 Å². The van der Waals surface area contributed by atoms with Crippen LogP contribution in [0.5, 0.6) is 5.88 Å². The van der Waals surface area contributed by atoms with E-state index in [1.54, 1.807) is 0 Å². The molecular formula is C24H21F4N3O2. The minimum atomic E-state index is -2.75. The lowest BCUT2D eigenvalue weighted by Crippen LogP contribution is -2.25. The fraction of sp³-hybridized carbons (Fsp3) is 0.292. The standard InChI is InChI=1S/C24H21F4N3O2/c1-33-20-5-2-15(13-30-20)23(32)31-22-17(18-12-16(25)3-4-19(18)26)8-11-29-21(22)14-6-9-24(27,28)10-7-14/h2-5,8,11-14H,6-7,9-10H2,1H3,(H,31,32). The number of hydrogen-bond acceptors (Lipinski definition) is 4. The van der Waals surface area contributed by atoms with Gasteiger partial charge in [0.05, 0.1) is 24.1 Å². The Morgan fingerprint density at radius 2 is 1.82 bits per heavy atom. The van der Waals surface area contributed by atoms with Gasteiger partial charge >= 0.3 is 0 Å². The van der Waals surface area contributed by atoms with E-state index in [2.05, 4.69) is 15.3 Å². The van der Waals surface area contributed by atoms with E-state index in [0.717, 1.165) is 18.2 Å². The van der Waals surface area contributed by atoms with E-state index in [1.165, 1.54) is 37.7 Å². The van der Waals surface area contributed by atoms with Crippen molar-refractivity contribution in [3.8, 4) is 17.0 Å². The summed E-state index contributed by atoms with van der Waals surface area (Å²) in [6.07, 6.45) is 2.41. The first kappa shape index (κ1) is 22.7. The van der Waals surface area contributed by atoms with Crippen LogP contribution in [0.1, 0.15) is 47.7 Å². The quantitative estimate of drug-likeness (QED) is 0.477. The molecule has 1 amide bonds. The number of halogens is 4. The highest BCUT2D eigenvalue weighted by atomic mass is 19.3. The molecule has 9 heteroatoms. The number of pyridine rings is 2. The number of methoxy groups -OCH3 is 1. The summed E-state index contributed by atoms with van der Waals surface area (Å²) >= 11 is 0. The smallest absolute Gasteiger partial charge is 0.257 e. The molecule has 3 aromatic rings. The predicted molar refractivity (Wildman–Crippen MR) is 114 cm³/mol. The zero-order chi connectivity index (χ0) is 23.6. The maximum absolute atomic E-state index is 14.6. The lowest BCUT2D eigenvalue weighted by atomic mass is 9.83. The van der Waals surface area contributed by atoms with E-state index in [4.69, 9.17) is 4.74 Å². The van der Waals surface area contributed by atoms with Gasteiger partial charge in [0.1, 0.15) is 11.6 Å². The second-order valence-electron chi connectivity index (χ2n) is 7.92. The second-order valence-corrected chi connectivity index (χ2v) is 7.92. The third-order valence-corrected chi connectivity index (χ3v) is 5.75. The molecule has 0 spiro atoms. The van der Waals surface area contributed by atoms with Gasteiger partial charge in [0.15, 0.2) is 0 Å². The summed E-state index contributed by atoms with van der Waals surface area (Å²) in [5.41, 5.74) is 0.873. The maximum Gasteiger partial charge on any atom is 0.257 e. The first-order valence-electron chi connectivity index (χ1n) is 10.4. The Bertz CT molecular complexity index is 1160. The van der Waals surface area contributed by atoms with Crippen molar-refractivity contribution in [2.45, 2.75) is 37.5 Å². The molecular weight excluding hydrogens is 438 g/mol. The number of amides is 1. The van der Waals surface area contributed by atoms with Gasteiger partial charge in [-0.25, -0.2) is 22.5 Å². The molecule has 4 rings (SSSR count). The van der Waals surface area contributed by atoms with Crippen LogP contribution in [0.4, 0.5) is 23.2 Å². The molecule has 1 fully saturated rings. The monoisotopic (exact) mass is 459 g/mol. The maximum atomic E-state index is 14.6. The molecule has 2 aromatic heterocycles. The summed E-state index contributed by atoms with van der Waals surface area (Å²) in [6, 6.07) is 7.47. The van der Waals surface area contributed by atoms with Crippen molar-refractivity contribution in [2.24, 2.45) is 0 Å². The summed E-state index contributed by atoms with van der Waals surface area (Å²) in [6.45, 7) is 0. The van der Waals surface area contributed by atoms with Crippen molar-refractivity contribution in [1.29, 1.82) is 0 Å². The normalized spacial score (nSPS) is 15.8. The molecule has 2 heterocycles. The van der Waals surface area contributed by atoms with E-state index in [9.17, 15) is 22.4 Å². The highest BCUT2D eigenvalue weighted by Crippen LogP contribution is 2.44. The number of carbonyl (C=O) groups is 1. The van der Waals surface area contributed by atoms with Crippen molar-refractivity contribution >= 4 is 11.6 Å². The Hall–Kier alpha value is -3.49. The van der Waals surface area contributed by atoms with Gasteiger partial charge in [0.25, 0.3) is 5.91 Å². The molecule has 1 N–H and O–H groups in total. The summed E-state index contributed by atoms with van der Waals surface area (Å²) in [4.78, 5) is 21.3. The molecule has 0 bridgehead atoms. The van der Waals surface area contributed by atoms with Crippen LogP contribution in [-0.2, 0) is 0 Å². The number of alkyl halides is 2. The van der Waals surface area contributed by atoms with Crippen molar-refractivity contribution in [1.82, 2.24) is 9.97 Å². The van der Waals surface area contributed by atoms with Gasteiger partial charge < -0.3 is 10.1 Å². The largest absolute Gasteiger partial charge is 0.481 e. The first-order chi connectivity index (χ1) is 15.8. The molecule has 172 valence electrons. The van der Waals surface area contributed by atoms with Crippen LogP contribution in [0.2, 0.25) is 0 Å². The van der Waals surface area contributed by atoms with Crippen molar-refractivity contribution in [3.63, 3.8) is 0 Å². The van der Waals surface area contributed by atoms with Crippen LogP contribution < -0.4 is 10.1 Å². The molecule has 0 unspecified atom stereocenters. The SMILES string of the molecule is COc1ccc(C(=O)Nc2c(-c3cc(F)ccc3F)ccnc2C2CCC(F)(F)CC2)cn1. The Labute approximate surface area is 187 Å². The number of nitrogens with one attached hydrogen (secondary N) is 1. The van der Waals surface area contributed by atoms with Crippen molar-refractivity contribution < 1.29 is 27.1 Å². The van der Waals surface area contributed by atoms with Crippen LogP contribution in [0.3, 0.4) is 0 Å². The summed E-state index contributed by atoms with van der Waals surface area (Å²) in [7, 11) is 1.44. The third-order valence-electron chi connectivity index (χ3n) is 5.75. The van der Waals surface area contributed by atoms with Gasteiger partial charge in [0.2, 0.25) is 11.8 Å². The van der Waals surface area contributed by atoms with Gasteiger partial charge in [-0.2, -0.15) is 0 Å². The van der Waals surface area contributed by atoms with Gasteiger partial charge in [-0.05, 0) is 43.2 Å². The fourth-order valence-corrected chi connectivity index (χ4v) is 3.98. The molecule has 1 aromatic carbocycles. The predicted octanol–water partition coefficient (Wildman–Crippen LogP) is 5.98. The minimum absolute atomic E-state index is 0.0667. The number of anilines is 1. The molecule has 1 aliphatic carbocycles. The molecule has 5 nitrogen and oxygen atoms in total. The number of carbonyl (C=O) groups excluding carboxylic acids is 1. The lowest BCUT2D eigenvalue weighted by Gasteiger charge is -2.29. The molecule has 1 saturated carbocycles. The average Bonchev–Trinajstić information content (AvgIpc) is 2.81. The van der Waals surface area contributed by atoms with E-state index in [0.29, 0.717) is 11.6 Å². The molecule has 0 saturated heterocycles. The Kier molecular flexibility index (Phi) is 6.31. The minimum Gasteiger partial charge on any atom is -0.481 e. The van der Waals surface area contributed by atoms with Gasteiger partial charge in [0, 0.05) is 48.3 Å². The van der Waals surface area contributed by atoms with Crippen LogP contribution in [0, 0.1) is 11.6 Å². The first-order valence-corrected chi connectivity index (χ1v) is 10.4. The number of ether oxygens (including phenoxy) is 1. The summed E-state index contributed by atoms with van der Waals surface area (Å²) in [5, 5.41) is 2.74. The zero-order valence-electron chi connectivity index (χ0n) is 17.7. The van der Waals surface area contributed by atoms with E-state index in [1.807, 2.05) is 0 Å². The number of benzene rings is 1. The lowest BCUT2D eigenvalue weighted by molar-refractivity contribution is -0.0384. The van der Waals surface area contributed by atoms with Crippen LogP contribution in [0.15, 0.2) is 48.8 Å². The highest BCUT2D eigenvalue weighted by molar-refractivity contribution is 6.06. The number of rotatable bonds is 5. The Morgan fingerprint density at radius 1 is 1.06 bits per heavy atom. The van der Waals surface area contributed by atoms with Crippen LogP contribution in [0.25, 0.3) is 11.1 Å². The molecule has 0 aliphatic heterocycles. The number of aromatic nitrogens is 2. The summed E-state index contributed by atoms with van der Waals surface area (Å²) in [5.74, 6) is -4.70. The molecule has 0 atom stereocenters. The Morgan fingerprint density at radius 3 is 2.48 bits per heavy atom. The highest BCUT2D eigenvalue weighted by Gasteiger charge is 2.37. The summed E-state index contributed by atoms with van der Waals surface area (Å²) < 4.78 is 61.0. The molecule has 1 aliphatic rings. The Balaban J connectivity index is 1.77. The van der Waals surface area contributed by atoms with E-state index >= 15 is 0 Å². The number of nitrogens with zero attached hydrogens (tertiary/aromatic N) is 2. The van der Waals surface area contributed by atoms with Gasteiger partial charge in [-0.15, -0.1) is 0 Å².